The quantitative estimate of drug-likeness (QED) is 0.740. The lowest BCUT2D eigenvalue weighted by Gasteiger charge is -2.20. The van der Waals surface area contributed by atoms with Crippen LogP contribution in [0, 0.1) is 0 Å². The van der Waals surface area contributed by atoms with Crippen molar-refractivity contribution in [1.29, 1.82) is 0 Å². The monoisotopic (exact) mass is 367 g/mol. The van der Waals surface area contributed by atoms with Gasteiger partial charge in [-0.1, -0.05) is 25.4 Å². The number of thioether (sulfide) groups is 1. The molecule has 1 aromatic carbocycles. The Morgan fingerprint density at radius 3 is 2.92 bits per heavy atom. The van der Waals surface area contributed by atoms with Gasteiger partial charge in [0.1, 0.15) is 11.3 Å². The summed E-state index contributed by atoms with van der Waals surface area (Å²) >= 11 is 8.25. The molecule has 24 heavy (non-hydrogen) atoms. The number of carbonyl (C=O) groups excluding carboxylic acids is 1. The third-order valence-electron chi connectivity index (χ3n) is 4.14. The molecule has 0 N–H and O–H groups in total. The van der Waals surface area contributed by atoms with Gasteiger partial charge in [0.2, 0.25) is 0 Å². The first-order valence-corrected chi connectivity index (χ1v) is 9.68. The van der Waals surface area contributed by atoms with Gasteiger partial charge in [0.15, 0.2) is 0 Å². The van der Waals surface area contributed by atoms with Crippen LogP contribution in [0.4, 0.5) is 4.79 Å². The molecule has 0 atom stereocenters. The zero-order valence-corrected chi connectivity index (χ0v) is 15.8. The number of ether oxygens (including phenoxy) is 1. The number of benzene rings is 1. The Labute approximate surface area is 151 Å². The fourth-order valence-corrected chi connectivity index (χ4v) is 3.98. The second kappa shape index (κ2) is 7.28. The normalized spacial score (nSPS) is 14.3. The van der Waals surface area contributed by atoms with Crippen molar-refractivity contribution >= 4 is 40.4 Å². The largest absolute Gasteiger partial charge is 0.460 e. The summed E-state index contributed by atoms with van der Waals surface area (Å²) < 4.78 is 11.3. The highest BCUT2D eigenvalue weighted by molar-refractivity contribution is 7.99. The fourth-order valence-electron chi connectivity index (χ4n) is 3.01. The van der Waals surface area contributed by atoms with E-state index in [0.717, 1.165) is 38.6 Å². The van der Waals surface area contributed by atoms with E-state index in [1.54, 1.807) is 4.90 Å². The molecule has 0 bridgehead atoms. The number of amides is 1. The van der Waals surface area contributed by atoms with Crippen LogP contribution in [-0.4, -0.2) is 29.4 Å². The molecular formula is C18H22ClNO3S. The van der Waals surface area contributed by atoms with Crippen LogP contribution in [0.3, 0.4) is 0 Å². The first-order chi connectivity index (χ1) is 11.5. The molecule has 0 fully saturated rings. The van der Waals surface area contributed by atoms with Crippen LogP contribution in [0.15, 0.2) is 16.5 Å². The van der Waals surface area contributed by atoms with Gasteiger partial charge in [-0.05, 0) is 36.3 Å². The lowest BCUT2D eigenvalue weighted by atomic mass is 10.0. The molecule has 2 aromatic rings. The molecule has 0 spiro atoms. The minimum Gasteiger partial charge on any atom is -0.460 e. The lowest BCUT2D eigenvalue weighted by Crippen LogP contribution is -2.32. The summed E-state index contributed by atoms with van der Waals surface area (Å²) in [4.78, 5) is 14.0. The van der Waals surface area contributed by atoms with Crippen molar-refractivity contribution in [2.24, 2.45) is 0 Å². The van der Waals surface area contributed by atoms with E-state index < -0.39 is 0 Å². The second-order valence-corrected chi connectivity index (χ2v) is 8.11. The second-order valence-electron chi connectivity index (χ2n) is 6.13. The summed E-state index contributed by atoms with van der Waals surface area (Å²) in [7, 11) is 0. The smallest absolute Gasteiger partial charge is 0.410 e. The van der Waals surface area contributed by atoms with E-state index >= 15 is 0 Å². The molecule has 0 unspecified atom stereocenters. The third kappa shape index (κ3) is 3.38. The molecule has 0 radical (unpaired) electrons. The Kier molecular flexibility index (Phi) is 5.30. The van der Waals surface area contributed by atoms with Gasteiger partial charge in [0.25, 0.3) is 0 Å². The maximum absolute atomic E-state index is 12.2. The Hall–Kier alpha value is -1.33. The standard InChI is InChI=1S/C18H22ClNO3S/c1-4-22-18(21)20-8-7-12-14(19)5-6-15-17(12)13(9-20)16(23-15)10-24-11(2)3/h5-6,11H,4,7-10H2,1-3H3. The highest BCUT2D eigenvalue weighted by Crippen LogP contribution is 2.38. The first-order valence-electron chi connectivity index (χ1n) is 8.26. The molecule has 130 valence electrons. The van der Waals surface area contributed by atoms with Crippen molar-refractivity contribution in [3.8, 4) is 0 Å². The van der Waals surface area contributed by atoms with Crippen molar-refractivity contribution in [3.63, 3.8) is 0 Å². The van der Waals surface area contributed by atoms with E-state index in [-0.39, 0.29) is 6.09 Å². The average molecular weight is 368 g/mol. The van der Waals surface area contributed by atoms with Gasteiger partial charge >= 0.3 is 6.09 Å². The van der Waals surface area contributed by atoms with Crippen LogP contribution in [0.2, 0.25) is 5.02 Å². The van der Waals surface area contributed by atoms with Gasteiger partial charge in [-0.25, -0.2) is 4.79 Å². The number of halogens is 1. The minimum absolute atomic E-state index is 0.279. The van der Waals surface area contributed by atoms with Crippen LogP contribution >= 0.6 is 23.4 Å². The summed E-state index contributed by atoms with van der Waals surface area (Å²) in [5.74, 6) is 1.72. The van der Waals surface area contributed by atoms with Crippen molar-refractivity contribution in [2.45, 2.75) is 44.7 Å². The van der Waals surface area contributed by atoms with Crippen LogP contribution in [0.25, 0.3) is 11.0 Å². The van der Waals surface area contributed by atoms with Crippen molar-refractivity contribution in [1.82, 2.24) is 4.90 Å². The molecule has 0 aliphatic carbocycles. The van der Waals surface area contributed by atoms with Crippen LogP contribution in [-0.2, 0) is 23.5 Å². The summed E-state index contributed by atoms with van der Waals surface area (Å²) in [6.07, 6.45) is 0.427. The number of nitrogens with zero attached hydrogens (tertiary/aromatic N) is 1. The molecular weight excluding hydrogens is 346 g/mol. The average Bonchev–Trinajstić information content (AvgIpc) is 2.75. The fraction of sp³-hybridized carbons (Fsp3) is 0.500. The van der Waals surface area contributed by atoms with Gasteiger partial charge in [0.05, 0.1) is 18.9 Å². The molecule has 1 aliphatic heterocycles. The lowest BCUT2D eigenvalue weighted by molar-refractivity contribution is 0.105. The summed E-state index contributed by atoms with van der Waals surface area (Å²) in [5.41, 5.74) is 3.00. The molecule has 1 aliphatic rings. The molecule has 2 heterocycles. The molecule has 3 rings (SSSR count). The van der Waals surface area contributed by atoms with E-state index in [0.29, 0.717) is 31.4 Å². The van der Waals surface area contributed by atoms with E-state index in [1.165, 1.54) is 0 Å². The van der Waals surface area contributed by atoms with Crippen LogP contribution < -0.4 is 0 Å². The highest BCUT2D eigenvalue weighted by Gasteiger charge is 2.27. The highest BCUT2D eigenvalue weighted by atomic mass is 35.5. The molecule has 1 amide bonds. The van der Waals surface area contributed by atoms with E-state index in [9.17, 15) is 4.79 Å². The molecule has 0 saturated heterocycles. The first kappa shape index (κ1) is 17.5. The predicted octanol–water partition coefficient (Wildman–Crippen LogP) is 5.24. The van der Waals surface area contributed by atoms with Gasteiger partial charge in [-0.2, -0.15) is 11.8 Å². The number of hydrogen-bond donors (Lipinski definition) is 0. The third-order valence-corrected chi connectivity index (χ3v) is 5.59. The van der Waals surface area contributed by atoms with E-state index in [2.05, 4.69) is 13.8 Å². The van der Waals surface area contributed by atoms with Gasteiger partial charge in [-0.3, -0.25) is 0 Å². The molecule has 6 heteroatoms. The molecule has 4 nitrogen and oxygen atoms in total. The predicted molar refractivity (Wildman–Crippen MR) is 98.8 cm³/mol. The number of carbonyl (C=O) groups is 1. The number of hydrogen-bond acceptors (Lipinski definition) is 4. The van der Waals surface area contributed by atoms with Crippen molar-refractivity contribution in [2.75, 3.05) is 13.2 Å². The summed E-state index contributed by atoms with van der Waals surface area (Å²) in [5, 5.41) is 2.33. The Bertz CT molecular complexity index is 756. The maximum atomic E-state index is 12.2. The van der Waals surface area contributed by atoms with Gasteiger partial charge < -0.3 is 14.1 Å². The van der Waals surface area contributed by atoms with Gasteiger partial charge in [-0.15, -0.1) is 0 Å². The SMILES string of the molecule is CCOC(=O)N1CCc2c(Cl)ccc3oc(CSC(C)C)c(c23)C1. The van der Waals surface area contributed by atoms with Crippen molar-refractivity contribution < 1.29 is 13.9 Å². The number of rotatable bonds is 4. The maximum Gasteiger partial charge on any atom is 0.410 e. The van der Waals surface area contributed by atoms with Gasteiger partial charge in [0, 0.05) is 22.5 Å². The van der Waals surface area contributed by atoms with Crippen molar-refractivity contribution in [3.05, 3.63) is 34.0 Å². The zero-order chi connectivity index (χ0) is 17.3. The Morgan fingerprint density at radius 2 is 2.21 bits per heavy atom. The van der Waals surface area contributed by atoms with E-state index in [4.69, 9.17) is 20.8 Å². The Balaban J connectivity index is 2.04. The van der Waals surface area contributed by atoms with Crippen LogP contribution in [0.1, 0.15) is 37.7 Å². The molecule has 1 aromatic heterocycles. The Morgan fingerprint density at radius 1 is 1.42 bits per heavy atom. The van der Waals surface area contributed by atoms with Crippen LogP contribution in [0.5, 0.6) is 0 Å². The topological polar surface area (TPSA) is 42.7 Å². The number of furan rings is 1. The summed E-state index contributed by atoms with van der Waals surface area (Å²) in [6.45, 7) is 7.63. The minimum atomic E-state index is -0.279. The summed E-state index contributed by atoms with van der Waals surface area (Å²) in [6, 6.07) is 3.81. The van der Waals surface area contributed by atoms with E-state index in [1.807, 2.05) is 30.8 Å². The molecule has 0 saturated carbocycles. The zero-order valence-electron chi connectivity index (χ0n) is 14.2.